The Balaban J connectivity index is 1.87. The van der Waals surface area contributed by atoms with Crippen molar-refractivity contribution < 1.29 is 13.1 Å². The van der Waals surface area contributed by atoms with Crippen molar-refractivity contribution in [2.75, 3.05) is 0 Å². The van der Waals surface area contributed by atoms with Crippen LogP contribution in [-0.4, -0.2) is 21.6 Å². The van der Waals surface area contributed by atoms with Gasteiger partial charge in [-0.15, -0.1) is 0 Å². The lowest BCUT2D eigenvalue weighted by molar-refractivity contribution is -0.360. The average Bonchev–Trinajstić information content (AvgIpc) is 3.30. The number of hydrogen-bond acceptors (Lipinski definition) is 0. The maximum absolute atomic E-state index is 15.7. The summed E-state index contributed by atoms with van der Waals surface area (Å²) in [6.45, 7) is -2.12. The second-order valence-electron chi connectivity index (χ2n) is 7.08. The molecule has 3 aromatic rings. The fourth-order valence-electron chi connectivity index (χ4n) is 4.04. The molecule has 2 aliphatic heterocycles. The molecule has 2 aromatic carbocycles. The topological polar surface area (TPSA) is 7.94 Å². The SMILES string of the molecule is Cc1ccc(C2=C3C=CC(c4ccccc4)=[N+]3[B-](F)(F)n3c(Cl)ccc32)cc1. The van der Waals surface area contributed by atoms with E-state index in [9.17, 15) is 0 Å². The maximum Gasteiger partial charge on any atom is 0.738 e. The van der Waals surface area contributed by atoms with Gasteiger partial charge in [0.1, 0.15) is 0 Å². The molecule has 0 fully saturated rings. The standard InChI is InChI=1S/C22H16BClF2N2/c1-15-7-9-17(10-8-15)22-19-12-11-18(16-5-3-2-4-6-16)27(19)23(25,26)28-20(22)13-14-21(28)24/h2-14H,1H3. The van der Waals surface area contributed by atoms with E-state index in [0.717, 1.165) is 31.2 Å². The molecule has 0 bridgehead atoms. The number of hydrogen-bond donors (Lipinski definition) is 0. The van der Waals surface area contributed by atoms with E-state index in [-0.39, 0.29) is 5.15 Å². The van der Waals surface area contributed by atoms with Gasteiger partial charge in [-0.3, -0.25) is 0 Å². The van der Waals surface area contributed by atoms with Crippen molar-refractivity contribution in [2.45, 2.75) is 6.92 Å². The molecule has 5 rings (SSSR count). The molecule has 0 amide bonds. The van der Waals surface area contributed by atoms with Crippen LogP contribution in [0.1, 0.15) is 22.4 Å². The van der Waals surface area contributed by atoms with Gasteiger partial charge in [0, 0.05) is 23.4 Å². The number of aryl methyl sites for hydroxylation is 1. The third kappa shape index (κ3) is 2.36. The van der Waals surface area contributed by atoms with Crippen LogP contribution in [0.4, 0.5) is 8.63 Å². The Morgan fingerprint density at radius 2 is 1.57 bits per heavy atom. The van der Waals surface area contributed by atoms with Crippen molar-refractivity contribution in [3.05, 3.63) is 112 Å². The molecule has 1 aromatic heterocycles. The van der Waals surface area contributed by atoms with Gasteiger partial charge < -0.3 is 17.6 Å². The number of fused-ring (bicyclic) bond motifs is 2. The maximum atomic E-state index is 15.7. The average molecular weight is 393 g/mol. The molecule has 0 saturated heterocycles. The van der Waals surface area contributed by atoms with Crippen molar-refractivity contribution in [1.82, 2.24) is 4.48 Å². The van der Waals surface area contributed by atoms with E-state index in [0.29, 0.717) is 17.1 Å². The second-order valence-corrected chi connectivity index (χ2v) is 7.47. The van der Waals surface area contributed by atoms with E-state index in [1.165, 1.54) is 6.07 Å². The molecule has 0 aliphatic carbocycles. The van der Waals surface area contributed by atoms with Crippen molar-refractivity contribution in [3.8, 4) is 0 Å². The molecule has 138 valence electrons. The Labute approximate surface area is 166 Å². The lowest BCUT2D eigenvalue weighted by Gasteiger charge is -2.32. The van der Waals surface area contributed by atoms with Gasteiger partial charge in [-0.05, 0) is 36.8 Å². The highest BCUT2D eigenvalue weighted by Gasteiger charge is 2.54. The summed E-state index contributed by atoms with van der Waals surface area (Å²) in [7, 11) is 0. The quantitative estimate of drug-likeness (QED) is 0.508. The van der Waals surface area contributed by atoms with Gasteiger partial charge >= 0.3 is 6.97 Å². The van der Waals surface area contributed by atoms with Crippen LogP contribution in [0.25, 0.3) is 5.57 Å². The Kier molecular flexibility index (Phi) is 3.71. The lowest BCUT2D eigenvalue weighted by atomic mass is 9.85. The number of aromatic nitrogens is 1. The normalized spacial score (nSPS) is 17.1. The van der Waals surface area contributed by atoms with Crippen molar-refractivity contribution in [1.29, 1.82) is 0 Å². The van der Waals surface area contributed by atoms with Crippen LogP contribution in [0.15, 0.2) is 84.6 Å². The molecule has 0 saturated carbocycles. The van der Waals surface area contributed by atoms with Gasteiger partial charge in [-0.2, -0.15) is 0 Å². The van der Waals surface area contributed by atoms with Gasteiger partial charge in [0.25, 0.3) is 0 Å². The third-order valence-electron chi connectivity index (χ3n) is 5.33. The Bertz CT molecular complexity index is 1190. The summed E-state index contributed by atoms with van der Waals surface area (Å²) in [5, 5.41) is 0.0305. The van der Waals surface area contributed by atoms with Crippen LogP contribution in [0.3, 0.4) is 0 Å². The van der Waals surface area contributed by atoms with Gasteiger partial charge in [0.05, 0.1) is 10.7 Å². The minimum atomic E-state index is -4.13. The second kappa shape index (κ2) is 6.04. The monoisotopic (exact) mass is 392 g/mol. The minimum absolute atomic E-state index is 0.0305. The molecule has 2 nitrogen and oxygen atoms in total. The first kappa shape index (κ1) is 17.2. The zero-order chi connectivity index (χ0) is 19.5. The van der Waals surface area contributed by atoms with E-state index < -0.39 is 6.97 Å². The lowest BCUT2D eigenvalue weighted by Crippen LogP contribution is -2.51. The Morgan fingerprint density at radius 3 is 2.29 bits per heavy atom. The first-order chi connectivity index (χ1) is 13.5. The summed E-state index contributed by atoms with van der Waals surface area (Å²) in [5.41, 5.74) is 4.89. The molecule has 0 N–H and O–H groups in total. The smallest absolute Gasteiger partial charge is 0.389 e. The molecule has 6 heteroatoms. The number of benzene rings is 2. The highest BCUT2D eigenvalue weighted by molar-refractivity contribution is 6.60. The molecule has 0 unspecified atom stereocenters. The summed E-state index contributed by atoms with van der Waals surface area (Å²) < 4.78 is 33.5. The van der Waals surface area contributed by atoms with Gasteiger partial charge in [0.2, 0.25) is 0 Å². The van der Waals surface area contributed by atoms with Gasteiger partial charge in [0.15, 0.2) is 11.4 Å². The van der Waals surface area contributed by atoms with E-state index in [1.807, 2.05) is 61.5 Å². The fourth-order valence-corrected chi connectivity index (χ4v) is 4.31. The molecular weight excluding hydrogens is 377 g/mol. The molecular formula is C22H16BClF2N2. The number of rotatable bonds is 2. The molecule has 0 spiro atoms. The summed E-state index contributed by atoms with van der Waals surface area (Å²) in [6.07, 6.45) is 3.53. The summed E-state index contributed by atoms with van der Waals surface area (Å²) in [5.74, 6) is 0. The number of halogens is 3. The first-order valence-electron chi connectivity index (χ1n) is 9.09. The van der Waals surface area contributed by atoms with Crippen LogP contribution in [0, 0.1) is 6.92 Å². The predicted molar refractivity (Wildman–Crippen MR) is 110 cm³/mol. The predicted octanol–water partition coefficient (Wildman–Crippen LogP) is 5.52. The molecule has 28 heavy (non-hydrogen) atoms. The zero-order valence-corrected chi connectivity index (χ0v) is 15.9. The van der Waals surface area contributed by atoms with E-state index in [1.54, 1.807) is 18.2 Å². The van der Waals surface area contributed by atoms with E-state index in [2.05, 4.69) is 0 Å². The highest BCUT2D eigenvalue weighted by Crippen LogP contribution is 2.41. The summed E-state index contributed by atoms with van der Waals surface area (Å²) in [4.78, 5) is 0. The van der Waals surface area contributed by atoms with Gasteiger partial charge in [-0.1, -0.05) is 59.6 Å². The highest BCUT2D eigenvalue weighted by atomic mass is 35.5. The molecule has 0 atom stereocenters. The molecule has 3 heterocycles. The minimum Gasteiger partial charge on any atom is -0.389 e. The third-order valence-corrected chi connectivity index (χ3v) is 5.64. The van der Waals surface area contributed by atoms with Crippen molar-refractivity contribution in [3.63, 3.8) is 0 Å². The van der Waals surface area contributed by atoms with Crippen LogP contribution >= 0.6 is 11.6 Å². The summed E-state index contributed by atoms with van der Waals surface area (Å²) in [6, 6.07) is 20.4. The van der Waals surface area contributed by atoms with E-state index in [4.69, 9.17) is 11.6 Å². The van der Waals surface area contributed by atoms with Crippen LogP contribution in [-0.2, 0) is 0 Å². The van der Waals surface area contributed by atoms with Crippen LogP contribution < -0.4 is 0 Å². The molecule has 0 radical (unpaired) electrons. The molecule has 2 aliphatic rings. The Morgan fingerprint density at radius 1 is 0.857 bits per heavy atom. The van der Waals surface area contributed by atoms with Gasteiger partial charge in [-0.25, -0.2) is 0 Å². The Hall–Kier alpha value is -2.92. The van der Waals surface area contributed by atoms with Crippen molar-refractivity contribution >= 4 is 29.9 Å². The van der Waals surface area contributed by atoms with Crippen LogP contribution in [0.2, 0.25) is 5.15 Å². The largest absolute Gasteiger partial charge is 0.738 e. The van der Waals surface area contributed by atoms with E-state index >= 15 is 8.63 Å². The fraction of sp³-hybridized carbons (Fsp3) is 0.0455. The number of nitrogens with zero attached hydrogens (tertiary/aromatic N) is 2. The van der Waals surface area contributed by atoms with Crippen molar-refractivity contribution in [2.24, 2.45) is 0 Å². The number of allylic oxidation sites excluding steroid dienone is 2. The zero-order valence-electron chi connectivity index (χ0n) is 15.1. The first-order valence-corrected chi connectivity index (χ1v) is 9.47. The van der Waals surface area contributed by atoms with Crippen LogP contribution in [0.5, 0.6) is 0 Å². The summed E-state index contributed by atoms with van der Waals surface area (Å²) >= 11 is 6.22.